The second kappa shape index (κ2) is 2.46. The van der Waals surface area contributed by atoms with E-state index in [1.165, 1.54) is 11.3 Å². The maximum absolute atomic E-state index is 5.74. The minimum Gasteiger partial charge on any atom is -0.353 e. The minimum absolute atomic E-state index is 0.139. The van der Waals surface area contributed by atoms with Crippen LogP contribution in [0.3, 0.4) is 0 Å². The van der Waals surface area contributed by atoms with E-state index in [2.05, 4.69) is 17.6 Å². The zero-order chi connectivity index (χ0) is 7.72. The molecule has 1 aromatic heterocycles. The van der Waals surface area contributed by atoms with Crippen LogP contribution in [0.5, 0.6) is 0 Å². The fourth-order valence-electron chi connectivity index (χ4n) is 1.35. The molecule has 2 nitrogen and oxygen atoms in total. The standard InChI is InChI=1S/C8H14N2/c1-6-4-5-10(3)8(6)7(2)9/h4-5,7H,9H2,1-3H3. The number of hydrogen-bond acceptors (Lipinski definition) is 1. The van der Waals surface area contributed by atoms with Crippen molar-refractivity contribution < 1.29 is 0 Å². The molecule has 0 spiro atoms. The molecule has 1 atom stereocenters. The molecule has 0 aliphatic heterocycles. The average molecular weight is 138 g/mol. The van der Waals surface area contributed by atoms with Gasteiger partial charge in [0.05, 0.1) is 0 Å². The monoisotopic (exact) mass is 138 g/mol. The lowest BCUT2D eigenvalue weighted by Gasteiger charge is -2.08. The highest BCUT2D eigenvalue weighted by molar-refractivity contribution is 5.22. The molecule has 0 aliphatic rings. The lowest BCUT2D eigenvalue weighted by molar-refractivity contribution is 0.709. The van der Waals surface area contributed by atoms with E-state index in [4.69, 9.17) is 5.73 Å². The van der Waals surface area contributed by atoms with Crippen molar-refractivity contribution >= 4 is 0 Å². The maximum atomic E-state index is 5.74. The molecule has 1 aromatic rings. The molecule has 1 heterocycles. The van der Waals surface area contributed by atoms with Gasteiger partial charge in [-0.15, -0.1) is 0 Å². The Morgan fingerprint density at radius 2 is 2.20 bits per heavy atom. The maximum Gasteiger partial charge on any atom is 0.0423 e. The largest absolute Gasteiger partial charge is 0.353 e. The third-order valence-electron chi connectivity index (χ3n) is 1.76. The lowest BCUT2D eigenvalue weighted by Crippen LogP contribution is -2.10. The molecular formula is C8H14N2. The van der Waals surface area contributed by atoms with E-state index in [-0.39, 0.29) is 6.04 Å². The predicted octanol–water partition coefficient (Wildman–Crippen LogP) is 1.35. The van der Waals surface area contributed by atoms with Gasteiger partial charge >= 0.3 is 0 Å². The number of aromatic nitrogens is 1. The predicted molar refractivity (Wildman–Crippen MR) is 42.8 cm³/mol. The number of nitrogens with two attached hydrogens (primary N) is 1. The van der Waals surface area contributed by atoms with Crippen molar-refractivity contribution in [2.75, 3.05) is 0 Å². The number of aryl methyl sites for hydroxylation is 2. The second-order valence-electron chi connectivity index (χ2n) is 2.78. The summed E-state index contributed by atoms with van der Waals surface area (Å²) in [6, 6.07) is 2.22. The van der Waals surface area contributed by atoms with Crippen LogP contribution < -0.4 is 5.73 Å². The van der Waals surface area contributed by atoms with Crippen molar-refractivity contribution in [1.29, 1.82) is 0 Å². The Morgan fingerprint density at radius 3 is 2.40 bits per heavy atom. The molecule has 0 aromatic carbocycles. The van der Waals surface area contributed by atoms with Crippen LogP contribution in [0.15, 0.2) is 12.3 Å². The summed E-state index contributed by atoms with van der Waals surface area (Å²) in [6.07, 6.45) is 2.04. The van der Waals surface area contributed by atoms with Crippen molar-refractivity contribution in [3.63, 3.8) is 0 Å². The molecule has 0 amide bonds. The van der Waals surface area contributed by atoms with Crippen molar-refractivity contribution in [3.8, 4) is 0 Å². The summed E-state index contributed by atoms with van der Waals surface area (Å²) in [7, 11) is 2.02. The molecule has 56 valence electrons. The van der Waals surface area contributed by atoms with Crippen LogP contribution in [0.2, 0.25) is 0 Å². The summed E-state index contributed by atoms with van der Waals surface area (Å²) in [4.78, 5) is 0. The smallest absolute Gasteiger partial charge is 0.0423 e. The van der Waals surface area contributed by atoms with Crippen molar-refractivity contribution in [2.24, 2.45) is 12.8 Å². The van der Waals surface area contributed by atoms with Crippen LogP contribution in [-0.2, 0) is 7.05 Å². The lowest BCUT2D eigenvalue weighted by atomic mass is 10.2. The van der Waals surface area contributed by atoms with Crippen molar-refractivity contribution in [2.45, 2.75) is 19.9 Å². The van der Waals surface area contributed by atoms with E-state index in [9.17, 15) is 0 Å². The van der Waals surface area contributed by atoms with Gasteiger partial charge in [0.15, 0.2) is 0 Å². The molecular weight excluding hydrogens is 124 g/mol. The fourth-order valence-corrected chi connectivity index (χ4v) is 1.35. The molecule has 0 aliphatic carbocycles. The highest BCUT2D eigenvalue weighted by Crippen LogP contribution is 2.14. The van der Waals surface area contributed by atoms with Crippen LogP contribution in [0.4, 0.5) is 0 Å². The Labute approximate surface area is 61.7 Å². The third kappa shape index (κ3) is 1.07. The van der Waals surface area contributed by atoms with Gasteiger partial charge in [0.25, 0.3) is 0 Å². The molecule has 0 fully saturated rings. The molecule has 1 rings (SSSR count). The van der Waals surface area contributed by atoms with Crippen LogP contribution in [-0.4, -0.2) is 4.57 Å². The van der Waals surface area contributed by atoms with E-state index in [0.717, 1.165) is 0 Å². The second-order valence-corrected chi connectivity index (χ2v) is 2.78. The molecule has 0 saturated carbocycles. The first-order valence-corrected chi connectivity index (χ1v) is 3.50. The first kappa shape index (κ1) is 7.35. The SMILES string of the molecule is Cc1ccn(C)c1C(C)N. The molecule has 0 bridgehead atoms. The zero-order valence-electron chi connectivity index (χ0n) is 6.76. The van der Waals surface area contributed by atoms with Crippen molar-refractivity contribution in [3.05, 3.63) is 23.5 Å². The van der Waals surface area contributed by atoms with Crippen LogP contribution in [0, 0.1) is 6.92 Å². The zero-order valence-corrected chi connectivity index (χ0v) is 6.76. The van der Waals surface area contributed by atoms with Crippen LogP contribution >= 0.6 is 0 Å². The summed E-state index contributed by atoms with van der Waals surface area (Å²) in [5.74, 6) is 0. The van der Waals surface area contributed by atoms with E-state index in [1.807, 2.05) is 20.2 Å². The Bertz CT molecular complexity index is 204. The van der Waals surface area contributed by atoms with E-state index < -0.39 is 0 Å². The summed E-state index contributed by atoms with van der Waals surface area (Å²) < 4.78 is 2.07. The van der Waals surface area contributed by atoms with Gasteiger partial charge in [-0.3, -0.25) is 0 Å². The first-order chi connectivity index (χ1) is 4.63. The van der Waals surface area contributed by atoms with Gasteiger partial charge in [0, 0.05) is 25.0 Å². The van der Waals surface area contributed by atoms with E-state index in [1.54, 1.807) is 0 Å². The summed E-state index contributed by atoms with van der Waals surface area (Å²) in [5.41, 5.74) is 8.24. The number of rotatable bonds is 1. The fraction of sp³-hybridized carbons (Fsp3) is 0.500. The van der Waals surface area contributed by atoms with Crippen LogP contribution in [0.25, 0.3) is 0 Å². The van der Waals surface area contributed by atoms with Gasteiger partial charge in [0.1, 0.15) is 0 Å². The average Bonchev–Trinajstić information content (AvgIpc) is 2.11. The third-order valence-corrected chi connectivity index (χ3v) is 1.76. The van der Waals surface area contributed by atoms with Gasteiger partial charge < -0.3 is 10.3 Å². The molecule has 1 unspecified atom stereocenters. The molecule has 2 heteroatoms. The molecule has 10 heavy (non-hydrogen) atoms. The quantitative estimate of drug-likeness (QED) is 0.624. The van der Waals surface area contributed by atoms with Gasteiger partial charge in [0.2, 0.25) is 0 Å². The number of hydrogen-bond donors (Lipinski definition) is 1. The topological polar surface area (TPSA) is 30.9 Å². The van der Waals surface area contributed by atoms with Gasteiger partial charge in [-0.2, -0.15) is 0 Å². The normalized spacial score (nSPS) is 13.6. The van der Waals surface area contributed by atoms with Crippen LogP contribution in [0.1, 0.15) is 24.2 Å². The number of nitrogens with zero attached hydrogens (tertiary/aromatic N) is 1. The highest BCUT2D eigenvalue weighted by Gasteiger charge is 2.05. The van der Waals surface area contributed by atoms with Gasteiger partial charge in [-0.25, -0.2) is 0 Å². The highest BCUT2D eigenvalue weighted by atomic mass is 15.0. The van der Waals surface area contributed by atoms with E-state index in [0.29, 0.717) is 0 Å². The van der Waals surface area contributed by atoms with E-state index >= 15 is 0 Å². The summed E-state index contributed by atoms with van der Waals surface area (Å²) in [5, 5.41) is 0. The molecule has 0 radical (unpaired) electrons. The van der Waals surface area contributed by atoms with Crippen molar-refractivity contribution in [1.82, 2.24) is 4.57 Å². The Balaban J connectivity index is 3.10. The Kier molecular flexibility index (Phi) is 1.81. The Hall–Kier alpha value is -0.760. The van der Waals surface area contributed by atoms with Gasteiger partial charge in [-0.05, 0) is 25.5 Å². The summed E-state index contributed by atoms with van der Waals surface area (Å²) in [6.45, 7) is 4.08. The Morgan fingerprint density at radius 1 is 1.60 bits per heavy atom. The minimum atomic E-state index is 0.139. The molecule has 2 N–H and O–H groups in total. The summed E-state index contributed by atoms with van der Waals surface area (Å²) >= 11 is 0. The molecule has 0 saturated heterocycles. The van der Waals surface area contributed by atoms with Gasteiger partial charge in [-0.1, -0.05) is 0 Å². The first-order valence-electron chi connectivity index (χ1n) is 3.50.